The van der Waals surface area contributed by atoms with E-state index in [9.17, 15) is 19.2 Å². The molecule has 1 aliphatic heterocycles. The normalized spacial score (nSPS) is 19.2. The van der Waals surface area contributed by atoms with Crippen LogP contribution in [0.1, 0.15) is 46.1 Å². The summed E-state index contributed by atoms with van der Waals surface area (Å²) in [6, 6.07) is 7.33. The standard InChI is InChI=1S/C22H31N3O6/c1-15-20(28)24(12-8-11-18(26)31-22(2,3)4)17(19(23)27)13-25(15)21(29)30-14-16-9-6-5-7-10-16/h5-7,9-10,15,17H,8,11-14H2,1-4H3,(H2,23,27)/t15-,17?/m0/s1. The molecule has 3 amide bonds. The minimum Gasteiger partial charge on any atom is -0.460 e. The molecule has 0 aliphatic carbocycles. The molecule has 1 aliphatic rings. The Balaban J connectivity index is 1.98. The first-order valence-corrected chi connectivity index (χ1v) is 10.3. The summed E-state index contributed by atoms with van der Waals surface area (Å²) in [5.41, 5.74) is 5.72. The van der Waals surface area contributed by atoms with Crippen LogP contribution in [0.25, 0.3) is 0 Å². The summed E-state index contributed by atoms with van der Waals surface area (Å²) in [5, 5.41) is 0. The average molecular weight is 434 g/mol. The van der Waals surface area contributed by atoms with Gasteiger partial charge in [-0.15, -0.1) is 0 Å². The molecule has 1 unspecified atom stereocenters. The predicted molar refractivity (Wildman–Crippen MR) is 113 cm³/mol. The van der Waals surface area contributed by atoms with E-state index in [2.05, 4.69) is 0 Å². The predicted octanol–water partition coefficient (Wildman–Crippen LogP) is 1.83. The maximum Gasteiger partial charge on any atom is 0.410 e. The first-order valence-electron chi connectivity index (χ1n) is 10.3. The Labute approximate surface area is 182 Å². The number of nitrogens with two attached hydrogens (primary N) is 1. The van der Waals surface area contributed by atoms with Crippen LogP contribution in [0.15, 0.2) is 30.3 Å². The Morgan fingerprint density at radius 1 is 1.16 bits per heavy atom. The van der Waals surface area contributed by atoms with E-state index in [1.54, 1.807) is 27.7 Å². The molecule has 2 atom stereocenters. The Hall–Kier alpha value is -3.10. The van der Waals surface area contributed by atoms with Gasteiger partial charge in [0.2, 0.25) is 11.8 Å². The summed E-state index contributed by atoms with van der Waals surface area (Å²) >= 11 is 0. The third kappa shape index (κ3) is 6.97. The molecule has 1 fully saturated rings. The fourth-order valence-electron chi connectivity index (χ4n) is 3.30. The van der Waals surface area contributed by atoms with Crippen LogP contribution < -0.4 is 5.73 Å². The quantitative estimate of drug-likeness (QED) is 0.655. The lowest BCUT2D eigenvalue weighted by Crippen LogP contribution is -2.65. The number of esters is 1. The lowest BCUT2D eigenvalue weighted by molar-refractivity contribution is -0.156. The van der Waals surface area contributed by atoms with Crippen molar-refractivity contribution in [1.82, 2.24) is 9.80 Å². The number of carbonyl (C=O) groups is 4. The Bertz CT molecular complexity index is 805. The van der Waals surface area contributed by atoms with E-state index < -0.39 is 35.6 Å². The van der Waals surface area contributed by atoms with E-state index in [0.717, 1.165) is 5.56 Å². The number of benzene rings is 1. The molecule has 170 valence electrons. The number of rotatable bonds is 7. The Morgan fingerprint density at radius 2 is 1.81 bits per heavy atom. The monoisotopic (exact) mass is 433 g/mol. The highest BCUT2D eigenvalue weighted by Gasteiger charge is 2.43. The molecule has 31 heavy (non-hydrogen) atoms. The van der Waals surface area contributed by atoms with Crippen LogP contribution in [0.3, 0.4) is 0 Å². The molecule has 0 aromatic heterocycles. The van der Waals surface area contributed by atoms with Crippen LogP contribution >= 0.6 is 0 Å². The van der Waals surface area contributed by atoms with Crippen LogP contribution in [0, 0.1) is 0 Å². The molecular weight excluding hydrogens is 402 g/mol. The SMILES string of the molecule is C[C@H]1C(=O)N(CCCC(=O)OC(C)(C)C)C(C(N)=O)CN1C(=O)OCc1ccccc1. The van der Waals surface area contributed by atoms with Crippen molar-refractivity contribution in [1.29, 1.82) is 0 Å². The van der Waals surface area contributed by atoms with Crippen molar-refractivity contribution in [3.63, 3.8) is 0 Å². The molecular formula is C22H31N3O6. The second-order valence-corrected chi connectivity index (χ2v) is 8.51. The van der Waals surface area contributed by atoms with E-state index in [1.165, 1.54) is 9.80 Å². The molecule has 9 nitrogen and oxygen atoms in total. The van der Waals surface area contributed by atoms with E-state index in [1.807, 2.05) is 30.3 Å². The van der Waals surface area contributed by atoms with Crippen molar-refractivity contribution in [2.45, 2.75) is 64.8 Å². The van der Waals surface area contributed by atoms with Crippen molar-refractivity contribution in [2.24, 2.45) is 5.73 Å². The minimum absolute atomic E-state index is 0.0535. The number of hydrogen-bond donors (Lipinski definition) is 1. The summed E-state index contributed by atoms with van der Waals surface area (Å²) in [6.07, 6.45) is -0.274. The molecule has 0 radical (unpaired) electrons. The average Bonchev–Trinajstić information content (AvgIpc) is 2.68. The van der Waals surface area contributed by atoms with Crippen LogP contribution in [-0.4, -0.2) is 64.5 Å². The van der Waals surface area contributed by atoms with Gasteiger partial charge in [-0.25, -0.2) is 4.79 Å². The molecule has 9 heteroatoms. The highest BCUT2D eigenvalue weighted by atomic mass is 16.6. The summed E-state index contributed by atoms with van der Waals surface area (Å²) in [4.78, 5) is 51.9. The zero-order valence-corrected chi connectivity index (χ0v) is 18.5. The second kappa shape index (κ2) is 10.3. The van der Waals surface area contributed by atoms with Crippen LogP contribution in [0.4, 0.5) is 4.79 Å². The van der Waals surface area contributed by atoms with Gasteiger partial charge in [0, 0.05) is 13.0 Å². The number of amides is 3. The van der Waals surface area contributed by atoms with Crippen LogP contribution in [-0.2, 0) is 30.5 Å². The Kier molecular flexibility index (Phi) is 8.01. The minimum atomic E-state index is -0.994. The summed E-state index contributed by atoms with van der Waals surface area (Å²) in [6.45, 7) is 7.04. The van der Waals surface area contributed by atoms with E-state index >= 15 is 0 Å². The van der Waals surface area contributed by atoms with Crippen molar-refractivity contribution in [3.05, 3.63) is 35.9 Å². The highest BCUT2D eigenvalue weighted by molar-refractivity contribution is 5.93. The third-order valence-electron chi connectivity index (χ3n) is 4.82. The second-order valence-electron chi connectivity index (χ2n) is 8.51. The van der Waals surface area contributed by atoms with Gasteiger partial charge < -0.3 is 20.1 Å². The third-order valence-corrected chi connectivity index (χ3v) is 4.82. The fourth-order valence-corrected chi connectivity index (χ4v) is 3.30. The lowest BCUT2D eigenvalue weighted by atomic mass is 10.1. The zero-order valence-electron chi connectivity index (χ0n) is 18.5. The van der Waals surface area contributed by atoms with Gasteiger partial charge in [-0.3, -0.25) is 19.3 Å². The molecule has 0 bridgehead atoms. The first-order chi connectivity index (χ1) is 14.5. The maximum absolute atomic E-state index is 12.9. The summed E-state index contributed by atoms with van der Waals surface area (Å²) in [7, 11) is 0. The highest BCUT2D eigenvalue weighted by Crippen LogP contribution is 2.20. The van der Waals surface area contributed by atoms with E-state index in [4.69, 9.17) is 15.2 Å². The number of piperazine rings is 1. The molecule has 1 heterocycles. The van der Waals surface area contributed by atoms with Crippen molar-refractivity contribution in [3.8, 4) is 0 Å². The van der Waals surface area contributed by atoms with Gasteiger partial charge in [0.05, 0.1) is 6.54 Å². The van der Waals surface area contributed by atoms with Gasteiger partial charge in [0.15, 0.2) is 0 Å². The van der Waals surface area contributed by atoms with Crippen molar-refractivity contribution < 1.29 is 28.7 Å². The molecule has 0 spiro atoms. The number of primary amides is 1. The van der Waals surface area contributed by atoms with Gasteiger partial charge in [0.1, 0.15) is 24.3 Å². The summed E-state index contributed by atoms with van der Waals surface area (Å²) < 4.78 is 10.6. The number of ether oxygens (including phenoxy) is 2. The lowest BCUT2D eigenvalue weighted by Gasteiger charge is -2.42. The van der Waals surface area contributed by atoms with Gasteiger partial charge in [0.25, 0.3) is 0 Å². The topological polar surface area (TPSA) is 119 Å². The number of nitrogens with zero attached hydrogens (tertiary/aromatic N) is 2. The summed E-state index contributed by atoms with van der Waals surface area (Å²) in [5.74, 6) is -1.53. The largest absolute Gasteiger partial charge is 0.460 e. The van der Waals surface area contributed by atoms with Crippen molar-refractivity contribution in [2.75, 3.05) is 13.1 Å². The van der Waals surface area contributed by atoms with Gasteiger partial charge >= 0.3 is 12.1 Å². The molecule has 0 saturated carbocycles. The number of hydrogen-bond acceptors (Lipinski definition) is 6. The van der Waals surface area contributed by atoms with Gasteiger partial charge in [-0.05, 0) is 39.7 Å². The maximum atomic E-state index is 12.9. The molecule has 2 rings (SSSR count). The van der Waals surface area contributed by atoms with Gasteiger partial charge in [-0.2, -0.15) is 0 Å². The van der Waals surface area contributed by atoms with Crippen molar-refractivity contribution >= 4 is 23.9 Å². The first kappa shape index (κ1) is 24.2. The van der Waals surface area contributed by atoms with E-state index in [-0.39, 0.29) is 32.1 Å². The van der Waals surface area contributed by atoms with Crippen LogP contribution in [0.2, 0.25) is 0 Å². The molecule has 1 aromatic carbocycles. The molecule has 1 saturated heterocycles. The number of carbonyl (C=O) groups excluding carboxylic acids is 4. The van der Waals surface area contributed by atoms with Gasteiger partial charge in [-0.1, -0.05) is 30.3 Å². The smallest absolute Gasteiger partial charge is 0.410 e. The fraction of sp³-hybridized carbons (Fsp3) is 0.545. The molecule has 1 aromatic rings. The van der Waals surface area contributed by atoms with Crippen LogP contribution in [0.5, 0.6) is 0 Å². The zero-order chi connectivity index (χ0) is 23.2. The van der Waals surface area contributed by atoms with E-state index in [0.29, 0.717) is 6.42 Å². The molecule has 2 N–H and O–H groups in total. The Morgan fingerprint density at radius 3 is 2.39 bits per heavy atom.